The van der Waals surface area contributed by atoms with Gasteiger partial charge in [-0.05, 0) is 76.2 Å². The Hall–Kier alpha value is -7.36. The van der Waals surface area contributed by atoms with Crippen LogP contribution in [0.15, 0.2) is 209 Å². The molecule has 11 aromatic rings. The minimum absolute atomic E-state index is 0.864. The van der Waals surface area contributed by atoms with Crippen LogP contribution in [-0.2, 0) is 0 Å². The van der Waals surface area contributed by atoms with Crippen LogP contribution in [0.4, 0.5) is 17.1 Å². The van der Waals surface area contributed by atoms with E-state index in [0.717, 1.165) is 94.0 Å². The Labute approximate surface area is 317 Å². The van der Waals surface area contributed by atoms with Gasteiger partial charge >= 0.3 is 0 Å². The molecule has 0 radical (unpaired) electrons. The molecule has 3 nitrogen and oxygen atoms in total. The summed E-state index contributed by atoms with van der Waals surface area (Å²) >= 11 is 0. The van der Waals surface area contributed by atoms with Crippen molar-refractivity contribution in [3.8, 4) is 33.4 Å². The van der Waals surface area contributed by atoms with Crippen molar-refractivity contribution in [2.45, 2.75) is 0 Å². The van der Waals surface area contributed by atoms with Crippen LogP contribution < -0.4 is 4.90 Å². The van der Waals surface area contributed by atoms with Crippen LogP contribution in [-0.4, -0.2) is 0 Å². The molecule has 0 fully saturated rings. The highest BCUT2D eigenvalue weighted by Crippen LogP contribution is 2.46. The number of fused-ring (bicyclic) bond motifs is 8. The Morgan fingerprint density at radius 2 is 0.873 bits per heavy atom. The first-order chi connectivity index (χ1) is 27.3. The maximum atomic E-state index is 6.73. The summed E-state index contributed by atoms with van der Waals surface area (Å²) in [7, 11) is 0. The lowest BCUT2D eigenvalue weighted by atomic mass is 9.98. The Balaban J connectivity index is 1.13. The van der Waals surface area contributed by atoms with Crippen molar-refractivity contribution in [2.75, 3.05) is 4.90 Å². The van der Waals surface area contributed by atoms with E-state index in [1.807, 2.05) is 12.1 Å². The summed E-state index contributed by atoms with van der Waals surface area (Å²) in [6, 6.07) is 70.9. The number of benzene rings is 9. The van der Waals surface area contributed by atoms with Gasteiger partial charge in [0.05, 0.1) is 5.69 Å². The van der Waals surface area contributed by atoms with Gasteiger partial charge in [0.1, 0.15) is 22.3 Å². The monoisotopic (exact) mass is 703 g/mol. The van der Waals surface area contributed by atoms with Crippen molar-refractivity contribution < 1.29 is 8.83 Å². The molecule has 9 aromatic carbocycles. The van der Waals surface area contributed by atoms with E-state index in [4.69, 9.17) is 8.83 Å². The number of hydrogen-bond acceptors (Lipinski definition) is 3. The Morgan fingerprint density at radius 1 is 0.309 bits per heavy atom. The van der Waals surface area contributed by atoms with Gasteiger partial charge in [-0.2, -0.15) is 0 Å². The van der Waals surface area contributed by atoms with Gasteiger partial charge in [-0.3, -0.25) is 0 Å². The molecule has 3 heteroatoms. The fraction of sp³-hybridized carbons (Fsp3) is 0. The molecular formula is C52H33NO2. The number of nitrogens with zero attached hydrogens (tertiary/aromatic N) is 1. The second-order valence-corrected chi connectivity index (χ2v) is 14.1. The van der Waals surface area contributed by atoms with E-state index in [2.05, 4.69) is 193 Å². The number of para-hydroxylation sites is 2. The van der Waals surface area contributed by atoms with Crippen molar-refractivity contribution in [1.82, 2.24) is 0 Å². The van der Waals surface area contributed by atoms with Gasteiger partial charge in [-0.1, -0.05) is 152 Å². The highest BCUT2D eigenvalue weighted by atomic mass is 16.3. The first-order valence-electron chi connectivity index (χ1n) is 18.7. The number of anilines is 3. The second kappa shape index (κ2) is 12.6. The highest BCUT2D eigenvalue weighted by Gasteiger charge is 2.22. The lowest BCUT2D eigenvalue weighted by Crippen LogP contribution is -2.11. The van der Waals surface area contributed by atoms with E-state index < -0.39 is 0 Å². The molecule has 0 aliphatic rings. The molecule has 55 heavy (non-hydrogen) atoms. The number of furan rings is 2. The SMILES string of the molecule is c1ccc(-c2ccc(N(c3ccc(-c4cccc5c4oc4ccccc45)cc3)c3cc4c(cc3-c3ccccc3)oc3c5ccccc5ccc43)cc2)cc1. The van der Waals surface area contributed by atoms with Gasteiger partial charge < -0.3 is 13.7 Å². The normalized spacial score (nSPS) is 11.6. The average molecular weight is 704 g/mol. The molecule has 0 atom stereocenters. The molecule has 0 spiro atoms. The van der Waals surface area contributed by atoms with E-state index in [1.54, 1.807) is 0 Å². The standard InChI is InChI=1S/C52H33NO2/c1-3-12-34(13-4-1)35-22-27-39(28-23-35)53(40-29-24-38(25-30-40)42-19-11-20-44-43-18-9-10-21-49(43)54-51(42)44)48-32-47-45-31-26-37-16-7-8-17-41(37)52(45)55-50(47)33-46(48)36-14-5-2-6-15-36/h1-33H. The molecule has 0 saturated heterocycles. The van der Waals surface area contributed by atoms with Crippen molar-refractivity contribution in [3.05, 3.63) is 200 Å². The summed E-state index contributed by atoms with van der Waals surface area (Å²) in [5, 5.41) is 6.71. The third-order valence-corrected chi connectivity index (χ3v) is 10.9. The number of hydrogen-bond donors (Lipinski definition) is 0. The maximum Gasteiger partial charge on any atom is 0.143 e. The van der Waals surface area contributed by atoms with E-state index >= 15 is 0 Å². The summed E-state index contributed by atoms with van der Waals surface area (Å²) in [6.45, 7) is 0. The topological polar surface area (TPSA) is 29.5 Å². The molecule has 2 aromatic heterocycles. The summed E-state index contributed by atoms with van der Waals surface area (Å²) in [6.07, 6.45) is 0. The molecule has 0 aliphatic heterocycles. The lowest BCUT2D eigenvalue weighted by molar-refractivity contribution is 0.670. The molecule has 0 aliphatic carbocycles. The second-order valence-electron chi connectivity index (χ2n) is 14.1. The van der Waals surface area contributed by atoms with Crippen LogP contribution in [0, 0.1) is 0 Å². The molecular weight excluding hydrogens is 671 g/mol. The first kappa shape index (κ1) is 31.2. The van der Waals surface area contributed by atoms with Gasteiger partial charge in [0, 0.05) is 49.4 Å². The molecule has 2 heterocycles. The third-order valence-electron chi connectivity index (χ3n) is 10.9. The molecule has 0 amide bonds. The predicted molar refractivity (Wildman–Crippen MR) is 229 cm³/mol. The Bertz CT molecular complexity index is 3180. The summed E-state index contributed by atoms with van der Waals surface area (Å²) in [5.41, 5.74) is 13.5. The molecule has 0 unspecified atom stereocenters. The highest BCUT2D eigenvalue weighted by molar-refractivity contribution is 6.17. The zero-order valence-corrected chi connectivity index (χ0v) is 29.8. The fourth-order valence-corrected chi connectivity index (χ4v) is 8.20. The molecule has 11 rings (SSSR count). The molecule has 0 N–H and O–H groups in total. The van der Waals surface area contributed by atoms with E-state index in [0.29, 0.717) is 0 Å². The van der Waals surface area contributed by atoms with Crippen LogP contribution >= 0.6 is 0 Å². The maximum absolute atomic E-state index is 6.73. The lowest BCUT2D eigenvalue weighted by Gasteiger charge is -2.28. The zero-order valence-electron chi connectivity index (χ0n) is 29.8. The smallest absolute Gasteiger partial charge is 0.143 e. The minimum Gasteiger partial charge on any atom is -0.455 e. The van der Waals surface area contributed by atoms with Crippen LogP contribution in [0.2, 0.25) is 0 Å². The molecule has 0 saturated carbocycles. The summed E-state index contributed by atoms with van der Waals surface area (Å²) in [5.74, 6) is 0. The minimum atomic E-state index is 0.864. The van der Waals surface area contributed by atoms with Gasteiger partial charge in [-0.25, -0.2) is 0 Å². The van der Waals surface area contributed by atoms with Crippen LogP contribution in [0.3, 0.4) is 0 Å². The van der Waals surface area contributed by atoms with Gasteiger partial charge in [0.2, 0.25) is 0 Å². The number of rotatable bonds is 6. The fourth-order valence-electron chi connectivity index (χ4n) is 8.20. The van der Waals surface area contributed by atoms with Gasteiger partial charge in [-0.15, -0.1) is 0 Å². The van der Waals surface area contributed by atoms with Crippen LogP contribution in [0.5, 0.6) is 0 Å². The quantitative estimate of drug-likeness (QED) is 0.173. The van der Waals surface area contributed by atoms with E-state index in [9.17, 15) is 0 Å². The van der Waals surface area contributed by atoms with E-state index in [1.165, 1.54) is 11.1 Å². The van der Waals surface area contributed by atoms with Crippen molar-refractivity contribution >= 4 is 71.7 Å². The van der Waals surface area contributed by atoms with E-state index in [-0.39, 0.29) is 0 Å². The zero-order chi connectivity index (χ0) is 36.3. The average Bonchev–Trinajstić information content (AvgIpc) is 3.83. The Morgan fingerprint density at radius 3 is 1.64 bits per heavy atom. The van der Waals surface area contributed by atoms with Crippen LogP contribution in [0.25, 0.3) is 88.0 Å². The predicted octanol–water partition coefficient (Wildman–Crippen LogP) is 15.1. The molecule has 0 bridgehead atoms. The summed E-state index contributed by atoms with van der Waals surface area (Å²) < 4.78 is 13.2. The van der Waals surface area contributed by atoms with Crippen molar-refractivity contribution in [3.63, 3.8) is 0 Å². The van der Waals surface area contributed by atoms with Gasteiger partial charge in [0.25, 0.3) is 0 Å². The molecule has 258 valence electrons. The van der Waals surface area contributed by atoms with Crippen molar-refractivity contribution in [1.29, 1.82) is 0 Å². The van der Waals surface area contributed by atoms with Gasteiger partial charge in [0.15, 0.2) is 0 Å². The Kier molecular flexibility index (Phi) is 7.17. The largest absolute Gasteiger partial charge is 0.455 e. The van der Waals surface area contributed by atoms with Crippen LogP contribution in [0.1, 0.15) is 0 Å². The summed E-state index contributed by atoms with van der Waals surface area (Å²) in [4.78, 5) is 2.38. The third kappa shape index (κ3) is 5.20. The van der Waals surface area contributed by atoms with Crippen molar-refractivity contribution in [2.24, 2.45) is 0 Å². The first-order valence-corrected chi connectivity index (χ1v) is 18.7.